The Kier molecular flexibility index (Phi) is 9.27. The average Bonchev–Trinajstić information content (AvgIpc) is 2.74. The summed E-state index contributed by atoms with van der Waals surface area (Å²) in [6.45, 7) is 2.39. The summed E-state index contributed by atoms with van der Waals surface area (Å²) in [5.74, 6) is 0.827. The number of carbonyl (C=O) groups excluding carboxylic acids is 2. The van der Waals surface area contributed by atoms with E-state index in [0.717, 1.165) is 12.0 Å². The molecule has 0 saturated heterocycles. The molecule has 0 unspecified atom stereocenters. The molecule has 0 bridgehead atoms. The maximum absolute atomic E-state index is 12.7. The second kappa shape index (κ2) is 11.7. The van der Waals surface area contributed by atoms with Gasteiger partial charge in [-0.15, -0.1) is 0 Å². The summed E-state index contributed by atoms with van der Waals surface area (Å²) in [6.07, 6.45) is 1.55. The van der Waals surface area contributed by atoms with Gasteiger partial charge in [0.05, 0.1) is 31.5 Å². The fourth-order valence-corrected chi connectivity index (χ4v) is 3.30. The number of hydrogen-bond donors (Lipinski definition) is 1. The predicted octanol–water partition coefficient (Wildman–Crippen LogP) is 4.82. The van der Waals surface area contributed by atoms with Gasteiger partial charge < -0.3 is 19.7 Å². The molecule has 0 aliphatic heterocycles. The largest absolute Gasteiger partial charge is 0.493 e. The first-order chi connectivity index (χ1) is 14.4. The minimum absolute atomic E-state index is 0.0541. The Morgan fingerprint density at radius 2 is 1.77 bits per heavy atom. The van der Waals surface area contributed by atoms with Gasteiger partial charge in [-0.2, -0.15) is 0 Å². The van der Waals surface area contributed by atoms with E-state index in [1.165, 1.54) is 0 Å². The fourth-order valence-electron chi connectivity index (χ4n) is 2.96. The van der Waals surface area contributed by atoms with Crippen molar-refractivity contribution in [2.45, 2.75) is 26.2 Å². The van der Waals surface area contributed by atoms with Crippen molar-refractivity contribution in [1.82, 2.24) is 4.90 Å². The molecule has 2 amide bonds. The minimum Gasteiger partial charge on any atom is -0.493 e. The number of nitrogens with zero attached hydrogens (tertiary/aromatic N) is 1. The standard InChI is InChI=1S/C22H26Cl2N2O4/c1-4-11-26(14-21(27)25-18-13-16(23)7-8-17(18)24)22(28)10-6-15-5-9-19(29-2)20(12-15)30-3/h5,7-9,12-13H,4,6,10-11,14H2,1-3H3,(H,25,27). The third kappa shape index (κ3) is 6.82. The molecule has 162 valence electrons. The minimum atomic E-state index is -0.327. The van der Waals surface area contributed by atoms with Gasteiger partial charge in [-0.1, -0.05) is 36.2 Å². The highest BCUT2D eigenvalue weighted by atomic mass is 35.5. The molecule has 0 saturated carbocycles. The van der Waals surface area contributed by atoms with Crippen LogP contribution in [0.25, 0.3) is 0 Å². The van der Waals surface area contributed by atoms with Crippen molar-refractivity contribution in [2.24, 2.45) is 0 Å². The third-order valence-corrected chi connectivity index (χ3v) is 5.02. The first-order valence-electron chi connectivity index (χ1n) is 9.61. The molecule has 2 rings (SSSR count). The lowest BCUT2D eigenvalue weighted by Gasteiger charge is -2.22. The summed E-state index contributed by atoms with van der Waals surface area (Å²) >= 11 is 12.0. The van der Waals surface area contributed by atoms with Crippen molar-refractivity contribution in [3.63, 3.8) is 0 Å². The number of halogens is 2. The van der Waals surface area contributed by atoms with E-state index < -0.39 is 0 Å². The molecule has 2 aromatic carbocycles. The van der Waals surface area contributed by atoms with Crippen LogP contribution in [-0.4, -0.2) is 44.0 Å². The molecule has 2 aromatic rings. The lowest BCUT2D eigenvalue weighted by atomic mass is 10.1. The zero-order chi connectivity index (χ0) is 22.1. The van der Waals surface area contributed by atoms with Crippen LogP contribution in [0.15, 0.2) is 36.4 Å². The summed E-state index contributed by atoms with van der Waals surface area (Å²) in [4.78, 5) is 26.7. The number of methoxy groups -OCH3 is 2. The van der Waals surface area contributed by atoms with Gasteiger partial charge in [-0.3, -0.25) is 9.59 Å². The molecule has 6 nitrogen and oxygen atoms in total. The normalized spacial score (nSPS) is 10.4. The highest BCUT2D eigenvalue weighted by Crippen LogP contribution is 2.28. The molecule has 0 aromatic heterocycles. The smallest absolute Gasteiger partial charge is 0.244 e. The molecule has 0 aliphatic carbocycles. The van der Waals surface area contributed by atoms with Crippen molar-refractivity contribution in [3.8, 4) is 11.5 Å². The molecule has 0 aliphatic rings. The van der Waals surface area contributed by atoms with Crippen LogP contribution in [0.2, 0.25) is 10.0 Å². The van der Waals surface area contributed by atoms with E-state index in [4.69, 9.17) is 32.7 Å². The summed E-state index contributed by atoms with van der Waals surface area (Å²) in [6, 6.07) is 10.4. The van der Waals surface area contributed by atoms with E-state index >= 15 is 0 Å². The lowest BCUT2D eigenvalue weighted by Crippen LogP contribution is -2.38. The van der Waals surface area contributed by atoms with Gasteiger partial charge in [0.15, 0.2) is 11.5 Å². The van der Waals surface area contributed by atoms with Crippen molar-refractivity contribution in [2.75, 3.05) is 32.6 Å². The van der Waals surface area contributed by atoms with Crippen molar-refractivity contribution >= 4 is 40.7 Å². The number of anilines is 1. The molecule has 0 fully saturated rings. The molecule has 0 heterocycles. The summed E-state index contributed by atoms with van der Waals surface area (Å²) in [7, 11) is 3.14. The number of rotatable bonds is 10. The first kappa shape index (κ1) is 23.8. The second-order valence-corrected chi connectivity index (χ2v) is 7.52. The SMILES string of the molecule is CCCN(CC(=O)Nc1cc(Cl)ccc1Cl)C(=O)CCc1ccc(OC)c(OC)c1. The zero-order valence-corrected chi connectivity index (χ0v) is 18.8. The van der Waals surface area contributed by atoms with Crippen LogP contribution in [0.5, 0.6) is 11.5 Å². The Labute approximate surface area is 187 Å². The quantitative estimate of drug-likeness (QED) is 0.560. The van der Waals surface area contributed by atoms with E-state index in [1.54, 1.807) is 37.3 Å². The molecule has 0 radical (unpaired) electrons. The monoisotopic (exact) mass is 452 g/mol. The molecule has 0 spiro atoms. The maximum atomic E-state index is 12.7. The molecule has 30 heavy (non-hydrogen) atoms. The Morgan fingerprint density at radius 3 is 2.43 bits per heavy atom. The highest BCUT2D eigenvalue weighted by molar-refractivity contribution is 6.35. The number of carbonyl (C=O) groups is 2. The van der Waals surface area contributed by atoms with Crippen LogP contribution < -0.4 is 14.8 Å². The summed E-state index contributed by atoms with van der Waals surface area (Å²) in [5.41, 5.74) is 1.37. The van der Waals surface area contributed by atoms with Crippen molar-refractivity contribution in [3.05, 3.63) is 52.0 Å². The van der Waals surface area contributed by atoms with Crippen LogP contribution >= 0.6 is 23.2 Å². The Bertz CT molecular complexity index is 889. The van der Waals surface area contributed by atoms with E-state index in [2.05, 4.69) is 5.32 Å². The van der Waals surface area contributed by atoms with Crippen LogP contribution in [0.1, 0.15) is 25.3 Å². The maximum Gasteiger partial charge on any atom is 0.244 e. The Hall–Kier alpha value is -2.44. The van der Waals surface area contributed by atoms with Crippen LogP contribution in [0.4, 0.5) is 5.69 Å². The van der Waals surface area contributed by atoms with Crippen LogP contribution in [0.3, 0.4) is 0 Å². The van der Waals surface area contributed by atoms with Gasteiger partial charge in [-0.05, 0) is 48.7 Å². The predicted molar refractivity (Wildman–Crippen MR) is 120 cm³/mol. The van der Waals surface area contributed by atoms with Gasteiger partial charge in [0.25, 0.3) is 0 Å². The number of aryl methyl sites for hydroxylation is 1. The van der Waals surface area contributed by atoms with Gasteiger partial charge in [0.1, 0.15) is 0 Å². The summed E-state index contributed by atoms with van der Waals surface area (Å²) < 4.78 is 10.5. The molecule has 1 N–H and O–H groups in total. The number of benzene rings is 2. The van der Waals surface area contributed by atoms with E-state index in [-0.39, 0.29) is 24.8 Å². The number of nitrogens with one attached hydrogen (secondary N) is 1. The van der Waals surface area contributed by atoms with Gasteiger partial charge in [-0.25, -0.2) is 0 Å². The van der Waals surface area contributed by atoms with E-state index in [0.29, 0.717) is 40.2 Å². The first-order valence-corrected chi connectivity index (χ1v) is 10.4. The van der Waals surface area contributed by atoms with Gasteiger partial charge in [0, 0.05) is 18.0 Å². The second-order valence-electron chi connectivity index (χ2n) is 6.68. The van der Waals surface area contributed by atoms with Crippen molar-refractivity contribution < 1.29 is 19.1 Å². The van der Waals surface area contributed by atoms with E-state index in [1.807, 2.05) is 25.1 Å². The third-order valence-electron chi connectivity index (χ3n) is 4.46. The molecule has 8 heteroatoms. The number of hydrogen-bond acceptors (Lipinski definition) is 4. The van der Waals surface area contributed by atoms with Gasteiger partial charge >= 0.3 is 0 Å². The fraction of sp³-hybridized carbons (Fsp3) is 0.364. The highest BCUT2D eigenvalue weighted by Gasteiger charge is 2.18. The molecular weight excluding hydrogens is 427 g/mol. The average molecular weight is 453 g/mol. The van der Waals surface area contributed by atoms with Gasteiger partial charge in [0.2, 0.25) is 11.8 Å². The molecule has 0 atom stereocenters. The topological polar surface area (TPSA) is 67.9 Å². The Morgan fingerprint density at radius 1 is 1.03 bits per heavy atom. The van der Waals surface area contributed by atoms with Crippen molar-refractivity contribution in [1.29, 1.82) is 0 Å². The summed E-state index contributed by atoms with van der Waals surface area (Å²) in [5, 5.41) is 3.56. The molecular formula is C22H26Cl2N2O4. The zero-order valence-electron chi connectivity index (χ0n) is 17.3. The lowest BCUT2D eigenvalue weighted by molar-refractivity contribution is -0.134. The van der Waals surface area contributed by atoms with E-state index in [9.17, 15) is 9.59 Å². The Balaban J connectivity index is 1.98. The van der Waals surface area contributed by atoms with Crippen LogP contribution in [-0.2, 0) is 16.0 Å². The number of amides is 2. The number of ether oxygens (including phenoxy) is 2. The van der Waals surface area contributed by atoms with Crippen LogP contribution in [0, 0.1) is 0 Å².